The van der Waals surface area contributed by atoms with Crippen molar-refractivity contribution in [1.29, 1.82) is 0 Å². The van der Waals surface area contributed by atoms with E-state index in [4.69, 9.17) is 11.6 Å². The van der Waals surface area contributed by atoms with Crippen molar-refractivity contribution in [1.82, 2.24) is 14.8 Å². The molecule has 0 aromatic heterocycles. The first-order valence-electron chi connectivity index (χ1n) is 9.02. The Labute approximate surface area is 182 Å². The van der Waals surface area contributed by atoms with Crippen molar-refractivity contribution in [3.63, 3.8) is 0 Å². The van der Waals surface area contributed by atoms with E-state index < -0.39 is 32.0 Å². The number of benzene rings is 2. The molecule has 2 aromatic carbocycles. The van der Waals surface area contributed by atoms with Crippen LogP contribution in [0.5, 0.6) is 0 Å². The third kappa shape index (κ3) is 8.04. The van der Waals surface area contributed by atoms with Gasteiger partial charge in [-0.3, -0.25) is 4.79 Å². The number of carbonyl (C=O) groups excluding carboxylic acids is 1. The van der Waals surface area contributed by atoms with Crippen LogP contribution in [0.15, 0.2) is 53.4 Å². The molecule has 0 heterocycles. The third-order valence-electron chi connectivity index (χ3n) is 4.09. The van der Waals surface area contributed by atoms with Crippen LogP contribution in [-0.4, -0.2) is 42.1 Å². The quantitative estimate of drug-likeness (QED) is 0.453. The number of hydrogen-bond acceptors (Lipinski definition) is 5. The van der Waals surface area contributed by atoms with Crippen LogP contribution in [0.2, 0.25) is 5.02 Å². The molecule has 0 spiro atoms. The van der Waals surface area contributed by atoms with Crippen molar-refractivity contribution in [2.45, 2.75) is 24.3 Å². The molecule has 8 nitrogen and oxygen atoms in total. The fourth-order valence-corrected chi connectivity index (χ4v) is 4.52. The van der Waals surface area contributed by atoms with Crippen molar-refractivity contribution < 1.29 is 21.6 Å². The summed E-state index contributed by atoms with van der Waals surface area (Å²) in [6, 6.07) is 12.1. The number of rotatable bonds is 10. The van der Waals surface area contributed by atoms with Crippen LogP contribution in [0.25, 0.3) is 0 Å². The highest BCUT2D eigenvalue weighted by Gasteiger charge is 2.20. The monoisotopic (exact) mass is 473 g/mol. The highest BCUT2D eigenvalue weighted by atomic mass is 35.5. The summed E-state index contributed by atoms with van der Waals surface area (Å²) in [6.45, 7) is 1.90. The van der Waals surface area contributed by atoms with E-state index in [9.17, 15) is 21.6 Å². The second kappa shape index (κ2) is 10.4. The van der Waals surface area contributed by atoms with Gasteiger partial charge in [0.2, 0.25) is 26.0 Å². The van der Waals surface area contributed by atoms with Gasteiger partial charge in [-0.25, -0.2) is 26.3 Å². The first kappa shape index (κ1) is 24.3. The largest absolute Gasteiger partial charge is 0.355 e. The van der Waals surface area contributed by atoms with Gasteiger partial charge in [0.25, 0.3) is 0 Å². The number of amides is 1. The molecule has 2 aromatic rings. The van der Waals surface area contributed by atoms with Gasteiger partial charge in [0, 0.05) is 24.5 Å². The third-order valence-corrected chi connectivity index (χ3v) is 6.53. The Hall–Kier alpha value is -1.98. The lowest BCUT2D eigenvalue weighted by Gasteiger charge is -2.18. The SMILES string of the molecule is Cc1ccc(S(=O)(=O)NCCNC(=O)CC(NS(C)(=O)=O)c2ccc(Cl)cc2)cc1. The van der Waals surface area contributed by atoms with Crippen molar-refractivity contribution in [3.05, 3.63) is 64.7 Å². The topological polar surface area (TPSA) is 121 Å². The Morgan fingerprint density at radius 3 is 2.13 bits per heavy atom. The van der Waals surface area contributed by atoms with Crippen LogP contribution in [-0.2, 0) is 24.8 Å². The molecular weight excluding hydrogens is 450 g/mol. The summed E-state index contributed by atoms with van der Waals surface area (Å²) in [7, 11) is -7.23. The zero-order chi connectivity index (χ0) is 22.4. The highest BCUT2D eigenvalue weighted by Crippen LogP contribution is 2.20. The van der Waals surface area contributed by atoms with Gasteiger partial charge in [0.05, 0.1) is 17.2 Å². The lowest BCUT2D eigenvalue weighted by molar-refractivity contribution is -0.121. The molecule has 1 atom stereocenters. The summed E-state index contributed by atoms with van der Waals surface area (Å²) in [6.07, 6.45) is 0.854. The van der Waals surface area contributed by atoms with E-state index >= 15 is 0 Å². The van der Waals surface area contributed by atoms with Crippen molar-refractivity contribution in [2.75, 3.05) is 19.3 Å². The van der Waals surface area contributed by atoms with Crippen LogP contribution in [0.4, 0.5) is 0 Å². The molecule has 0 aliphatic carbocycles. The van der Waals surface area contributed by atoms with E-state index in [1.165, 1.54) is 12.1 Å². The minimum absolute atomic E-state index is 0.00688. The van der Waals surface area contributed by atoms with Gasteiger partial charge in [0.1, 0.15) is 0 Å². The Kier molecular flexibility index (Phi) is 8.39. The lowest BCUT2D eigenvalue weighted by atomic mass is 10.0. The minimum atomic E-state index is -3.67. The Morgan fingerprint density at radius 1 is 0.967 bits per heavy atom. The first-order chi connectivity index (χ1) is 14.0. The smallest absolute Gasteiger partial charge is 0.240 e. The van der Waals surface area contributed by atoms with Gasteiger partial charge in [0.15, 0.2) is 0 Å². The Bertz CT molecular complexity index is 1070. The van der Waals surface area contributed by atoms with Gasteiger partial charge in [-0.2, -0.15) is 0 Å². The number of halogens is 1. The van der Waals surface area contributed by atoms with E-state index in [1.54, 1.807) is 36.4 Å². The molecule has 164 valence electrons. The van der Waals surface area contributed by atoms with Crippen LogP contribution in [0.1, 0.15) is 23.6 Å². The van der Waals surface area contributed by atoms with Gasteiger partial charge in [-0.1, -0.05) is 41.4 Å². The second-order valence-corrected chi connectivity index (χ2v) is 10.7. The predicted octanol–water partition coefficient (Wildman–Crippen LogP) is 1.72. The Balaban J connectivity index is 1.90. The van der Waals surface area contributed by atoms with Gasteiger partial charge >= 0.3 is 0 Å². The first-order valence-corrected chi connectivity index (χ1v) is 12.8. The summed E-state index contributed by atoms with van der Waals surface area (Å²) < 4.78 is 52.6. The van der Waals surface area contributed by atoms with E-state index in [0.717, 1.165) is 11.8 Å². The molecule has 0 aliphatic rings. The van der Waals surface area contributed by atoms with Gasteiger partial charge in [-0.15, -0.1) is 0 Å². The number of aryl methyl sites for hydroxylation is 1. The van der Waals surface area contributed by atoms with Crippen LogP contribution in [0, 0.1) is 6.92 Å². The highest BCUT2D eigenvalue weighted by molar-refractivity contribution is 7.89. The molecule has 0 saturated heterocycles. The fraction of sp³-hybridized carbons (Fsp3) is 0.316. The maximum Gasteiger partial charge on any atom is 0.240 e. The molecular formula is C19H24ClN3O5S2. The summed E-state index contributed by atoms with van der Waals surface area (Å²) >= 11 is 5.85. The summed E-state index contributed by atoms with van der Waals surface area (Å²) in [5, 5.41) is 3.07. The molecule has 30 heavy (non-hydrogen) atoms. The van der Waals surface area contributed by atoms with Crippen LogP contribution < -0.4 is 14.8 Å². The maximum atomic E-state index is 12.3. The summed E-state index contributed by atoms with van der Waals surface area (Å²) in [5.41, 5.74) is 1.53. The molecule has 2 rings (SSSR count). The maximum absolute atomic E-state index is 12.3. The summed E-state index contributed by atoms with van der Waals surface area (Å²) in [4.78, 5) is 12.4. The molecule has 0 aliphatic heterocycles. The van der Waals surface area contributed by atoms with E-state index in [1.807, 2.05) is 6.92 Å². The van der Waals surface area contributed by atoms with Gasteiger partial charge in [-0.05, 0) is 36.8 Å². The second-order valence-electron chi connectivity index (χ2n) is 6.76. The standard InChI is InChI=1S/C19H24ClN3O5S2/c1-14-3-9-17(10-4-14)30(27,28)22-12-11-21-19(24)13-18(23-29(2,25)26)15-5-7-16(20)8-6-15/h3-10,18,22-23H,11-13H2,1-2H3,(H,21,24). The molecule has 1 unspecified atom stereocenters. The molecule has 1 amide bonds. The molecule has 3 N–H and O–H groups in total. The zero-order valence-corrected chi connectivity index (χ0v) is 18.9. The minimum Gasteiger partial charge on any atom is -0.355 e. The van der Waals surface area contributed by atoms with Crippen molar-refractivity contribution in [3.8, 4) is 0 Å². The van der Waals surface area contributed by atoms with E-state index in [-0.39, 0.29) is 24.4 Å². The predicted molar refractivity (Wildman–Crippen MR) is 116 cm³/mol. The zero-order valence-electron chi connectivity index (χ0n) is 16.6. The number of hydrogen-bond donors (Lipinski definition) is 3. The fourth-order valence-electron chi connectivity index (χ4n) is 2.63. The van der Waals surface area contributed by atoms with E-state index in [0.29, 0.717) is 10.6 Å². The average Bonchev–Trinajstić information content (AvgIpc) is 2.65. The van der Waals surface area contributed by atoms with Crippen LogP contribution in [0.3, 0.4) is 0 Å². The number of nitrogens with one attached hydrogen (secondary N) is 3. The van der Waals surface area contributed by atoms with Crippen LogP contribution >= 0.6 is 11.6 Å². The van der Waals surface area contributed by atoms with Gasteiger partial charge < -0.3 is 5.32 Å². The Morgan fingerprint density at radius 2 is 1.57 bits per heavy atom. The molecule has 0 bridgehead atoms. The van der Waals surface area contributed by atoms with E-state index in [2.05, 4.69) is 14.8 Å². The van der Waals surface area contributed by atoms with Crippen molar-refractivity contribution in [2.24, 2.45) is 0 Å². The summed E-state index contributed by atoms with van der Waals surface area (Å²) in [5.74, 6) is -0.430. The average molecular weight is 474 g/mol. The number of sulfonamides is 2. The normalized spacial score (nSPS) is 13.0. The van der Waals surface area contributed by atoms with Crippen molar-refractivity contribution >= 4 is 37.6 Å². The molecule has 0 radical (unpaired) electrons. The molecule has 0 fully saturated rings. The number of carbonyl (C=O) groups is 1. The molecule has 0 saturated carbocycles. The molecule has 11 heteroatoms. The lowest BCUT2D eigenvalue weighted by Crippen LogP contribution is -2.37.